The highest BCUT2D eigenvalue weighted by molar-refractivity contribution is 5.39. The zero-order chi connectivity index (χ0) is 12.1. The minimum Gasteiger partial charge on any atom is -0.457 e. The molecule has 84 valence electrons. The standard InChI is InChI=1S/C14H10FNO/c15-12-5-7-13(8-6-12)17-14-4-2-1-3-11(14)9-10-16/h1-8H,9H2. The van der Waals surface area contributed by atoms with Gasteiger partial charge in [0.05, 0.1) is 12.5 Å². The number of rotatable bonds is 3. The maximum Gasteiger partial charge on any atom is 0.131 e. The van der Waals surface area contributed by atoms with Gasteiger partial charge in [-0.3, -0.25) is 0 Å². The van der Waals surface area contributed by atoms with Crippen molar-refractivity contribution in [1.29, 1.82) is 5.26 Å². The van der Waals surface area contributed by atoms with Gasteiger partial charge in [-0.05, 0) is 30.3 Å². The molecule has 2 nitrogen and oxygen atoms in total. The Labute approximate surface area is 98.9 Å². The topological polar surface area (TPSA) is 33.0 Å². The van der Waals surface area contributed by atoms with Crippen LogP contribution < -0.4 is 4.74 Å². The van der Waals surface area contributed by atoms with Crippen LogP contribution in [0.5, 0.6) is 11.5 Å². The van der Waals surface area contributed by atoms with Gasteiger partial charge in [0.25, 0.3) is 0 Å². The Morgan fingerprint density at radius 3 is 2.47 bits per heavy atom. The summed E-state index contributed by atoms with van der Waals surface area (Å²) in [4.78, 5) is 0. The molecule has 0 aromatic heterocycles. The normalized spacial score (nSPS) is 9.65. The molecule has 0 spiro atoms. The average Bonchev–Trinajstić information content (AvgIpc) is 2.35. The van der Waals surface area contributed by atoms with Gasteiger partial charge in [-0.15, -0.1) is 0 Å². The molecule has 0 saturated carbocycles. The van der Waals surface area contributed by atoms with Gasteiger partial charge in [-0.1, -0.05) is 18.2 Å². The van der Waals surface area contributed by atoms with Gasteiger partial charge in [0.1, 0.15) is 17.3 Å². The summed E-state index contributed by atoms with van der Waals surface area (Å²) in [5.74, 6) is 0.875. The van der Waals surface area contributed by atoms with Gasteiger partial charge in [0.2, 0.25) is 0 Å². The summed E-state index contributed by atoms with van der Waals surface area (Å²) in [5.41, 5.74) is 0.819. The molecule has 0 amide bonds. The summed E-state index contributed by atoms with van der Waals surface area (Å²) < 4.78 is 18.3. The maximum absolute atomic E-state index is 12.7. The highest BCUT2D eigenvalue weighted by atomic mass is 19.1. The molecule has 2 rings (SSSR count). The van der Waals surface area contributed by atoms with Gasteiger partial charge in [0.15, 0.2) is 0 Å². The SMILES string of the molecule is N#CCc1ccccc1Oc1ccc(F)cc1. The third-order valence-electron chi connectivity index (χ3n) is 2.28. The zero-order valence-electron chi connectivity index (χ0n) is 9.06. The lowest BCUT2D eigenvalue weighted by atomic mass is 10.1. The molecule has 0 aliphatic heterocycles. The first-order valence-electron chi connectivity index (χ1n) is 5.18. The molecular formula is C14H10FNO. The van der Waals surface area contributed by atoms with Gasteiger partial charge in [-0.25, -0.2) is 4.39 Å². The van der Waals surface area contributed by atoms with E-state index in [4.69, 9.17) is 10.00 Å². The highest BCUT2D eigenvalue weighted by Crippen LogP contribution is 2.25. The van der Waals surface area contributed by atoms with E-state index in [-0.39, 0.29) is 12.2 Å². The zero-order valence-corrected chi connectivity index (χ0v) is 9.06. The quantitative estimate of drug-likeness (QED) is 0.801. The van der Waals surface area contributed by atoms with Crippen LogP contribution in [0.1, 0.15) is 5.56 Å². The summed E-state index contributed by atoms with van der Waals surface area (Å²) in [6.07, 6.45) is 0.289. The molecule has 0 heterocycles. The van der Waals surface area contributed by atoms with Crippen LogP contribution in [-0.4, -0.2) is 0 Å². The molecule has 0 aliphatic carbocycles. The van der Waals surface area contributed by atoms with Crippen molar-refractivity contribution in [2.24, 2.45) is 0 Å². The van der Waals surface area contributed by atoms with Crippen LogP contribution >= 0.6 is 0 Å². The van der Waals surface area contributed by atoms with Gasteiger partial charge in [-0.2, -0.15) is 5.26 Å². The Balaban J connectivity index is 2.24. The van der Waals surface area contributed by atoms with Gasteiger partial charge < -0.3 is 4.74 Å². The van der Waals surface area contributed by atoms with E-state index in [1.54, 1.807) is 18.2 Å². The fourth-order valence-corrected chi connectivity index (χ4v) is 1.46. The third-order valence-corrected chi connectivity index (χ3v) is 2.28. The maximum atomic E-state index is 12.7. The fraction of sp³-hybridized carbons (Fsp3) is 0.0714. The Kier molecular flexibility index (Phi) is 3.37. The Bertz CT molecular complexity index is 543. The molecule has 0 unspecified atom stereocenters. The highest BCUT2D eigenvalue weighted by Gasteiger charge is 2.03. The van der Waals surface area contributed by atoms with Crippen molar-refractivity contribution >= 4 is 0 Å². The van der Waals surface area contributed by atoms with Crippen LogP contribution in [-0.2, 0) is 6.42 Å². The van der Waals surface area contributed by atoms with E-state index >= 15 is 0 Å². The van der Waals surface area contributed by atoms with Crippen LogP contribution in [0, 0.1) is 17.1 Å². The molecule has 0 fully saturated rings. The molecule has 0 radical (unpaired) electrons. The first kappa shape index (κ1) is 11.2. The first-order valence-corrected chi connectivity index (χ1v) is 5.18. The van der Waals surface area contributed by atoms with Crippen LogP contribution in [0.3, 0.4) is 0 Å². The Morgan fingerprint density at radius 1 is 1.06 bits per heavy atom. The molecule has 2 aromatic carbocycles. The van der Waals surface area contributed by atoms with E-state index in [0.717, 1.165) is 5.56 Å². The molecule has 3 heteroatoms. The minimum atomic E-state index is -0.303. The van der Waals surface area contributed by atoms with Crippen molar-refractivity contribution in [3.8, 4) is 17.6 Å². The van der Waals surface area contributed by atoms with E-state index in [9.17, 15) is 4.39 Å². The van der Waals surface area contributed by atoms with Crippen LogP contribution in [0.4, 0.5) is 4.39 Å². The predicted molar refractivity (Wildman–Crippen MR) is 62.2 cm³/mol. The van der Waals surface area contributed by atoms with Gasteiger partial charge >= 0.3 is 0 Å². The van der Waals surface area contributed by atoms with Crippen LogP contribution in [0.2, 0.25) is 0 Å². The summed E-state index contributed by atoms with van der Waals surface area (Å²) in [6, 6.07) is 15.2. The van der Waals surface area contributed by atoms with Crippen molar-refractivity contribution in [3.05, 3.63) is 59.9 Å². The minimum absolute atomic E-state index is 0.289. The summed E-state index contributed by atoms with van der Waals surface area (Å²) in [7, 11) is 0. The second kappa shape index (κ2) is 5.13. The van der Waals surface area contributed by atoms with Crippen molar-refractivity contribution in [2.75, 3.05) is 0 Å². The van der Waals surface area contributed by atoms with Crippen LogP contribution in [0.15, 0.2) is 48.5 Å². The van der Waals surface area contributed by atoms with E-state index in [2.05, 4.69) is 6.07 Å². The number of para-hydroxylation sites is 1. The lowest BCUT2D eigenvalue weighted by molar-refractivity contribution is 0.476. The number of hydrogen-bond donors (Lipinski definition) is 0. The Hall–Kier alpha value is -2.34. The largest absolute Gasteiger partial charge is 0.457 e. The number of halogens is 1. The van der Waals surface area contributed by atoms with E-state index < -0.39 is 0 Å². The molecule has 17 heavy (non-hydrogen) atoms. The fourth-order valence-electron chi connectivity index (χ4n) is 1.46. The molecule has 2 aromatic rings. The summed E-state index contributed by atoms with van der Waals surface area (Å²) >= 11 is 0. The van der Waals surface area contributed by atoms with Crippen molar-refractivity contribution in [2.45, 2.75) is 6.42 Å². The Morgan fingerprint density at radius 2 is 1.76 bits per heavy atom. The molecule has 0 aliphatic rings. The summed E-state index contributed by atoms with van der Waals surface area (Å²) in [6.45, 7) is 0. The van der Waals surface area contributed by atoms with Crippen molar-refractivity contribution in [1.82, 2.24) is 0 Å². The van der Waals surface area contributed by atoms with Crippen molar-refractivity contribution in [3.63, 3.8) is 0 Å². The molecule has 0 saturated heterocycles. The lowest BCUT2D eigenvalue weighted by Crippen LogP contribution is -1.90. The third kappa shape index (κ3) is 2.82. The molecular weight excluding hydrogens is 217 g/mol. The second-order valence-electron chi connectivity index (χ2n) is 3.50. The number of hydrogen-bond acceptors (Lipinski definition) is 2. The van der Waals surface area contributed by atoms with E-state index in [1.165, 1.54) is 12.1 Å². The number of nitrogens with zero attached hydrogens (tertiary/aromatic N) is 1. The summed E-state index contributed by atoms with van der Waals surface area (Å²) in [5, 5.41) is 8.69. The number of benzene rings is 2. The number of nitriles is 1. The average molecular weight is 227 g/mol. The first-order chi connectivity index (χ1) is 8.29. The van der Waals surface area contributed by atoms with E-state index in [1.807, 2.05) is 18.2 Å². The molecule has 0 bridgehead atoms. The smallest absolute Gasteiger partial charge is 0.131 e. The van der Waals surface area contributed by atoms with Gasteiger partial charge in [0, 0.05) is 5.56 Å². The molecule has 0 atom stereocenters. The monoisotopic (exact) mass is 227 g/mol. The van der Waals surface area contributed by atoms with Crippen molar-refractivity contribution < 1.29 is 9.13 Å². The predicted octanol–water partition coefficient (Wildman–Crippen LogP) is 3.68. The van der Waals surface area contributed by atoms with E-state index in [0.29, 0.717) is 11.5 Å². The lowest BCUT2D eigenvalue weighted by Gasteiger charge is -2.08. The van der Waals surface area contributed by atoms with Crippen LogP contribution in [0.25, 0.3) is 0 Å². The number of ether oxygens (including phenoxy) is 1. The second-order valence-corrected chi connectivity index (χ2v) is 3.50. The molecule has 0 N–H and O–H groups in total.